The number of carbonyl (C=O) groups is 1. The van der Waals surface area contributed by atoms with Gasteiger partial charge in [-0.3, -0.25) is 9.69 Å². The molecule has 1 aromatic rings. The lowest BCUT2D eigenvalue weighted by atomic mass is 9.75. The van der Waals surface area contributed by atoms with E-state index < -0.39 is 0 Å². The highest BCUT2D eigenvalue weighted by atomic mass is 16.5. The van der Waals surface area contributed by atoms with Gasteiger partial charge in [-0.15, -0.1) is 0 Å². The molecule has 24 heavy (non-hydrogen) atoms. The molecular weight excluding hydrogens is 298 g/mol. The summed E-state index contributed by atoms with van der Waals surface area (Å²) in [6.07, 6.45) is 6.69. The van der Waals surface area contributed by atoms with Crippen LogP contribution in [-0.4, -0.2) is 37.1 Å². The van der Waals surface area contributed by atoms with Gasteiger partial charge in [0.25, 0.3) is 0 Å². The van der Waals surface area contributed by atoms with Crippen LogP contribution >= 0.6 is 0 Å². The smallest absolute Gasteiger partial charge is 0.305 e. The van der Waals surface area contributed by atoms with E-state index in [1.807, 2.05) is 0 Å². The van der Waals surface area contributed by atoms with Crippen molar-refractivity contribution >= 4 is 5.97 Å². The van der Waals surface area contributed by atoms with E-state index >= 15 is 0 Å². The van der Waals surface area contributed by atoms with Crippen LogP contribution in [0.25, 0.3) is 0 Å². The summed E-state index contributed by atoms with van der Waals surface area (Å²) in [6, 6.07) is 12.0. The molecule has 0 aromatic heterocycles. The summed E-state index contributed by atoms with van der Waals surface area (Å²) < 4.78 is 5.01. The van der Waals surface area contributed by atoms with E-state index in [-0.39, 0.29) is 5.97 Å². The Bertz CT molecular complexity index is 544. The zero-order valence-electron chi connectivity index (χ0n) is 15.3. The number of nitrogens with zero attached hydrogens (tertiary/aromatic N) is 1. The molecule has 2 fully saturated rings. The summed E-state index contributed by atoms with van der Waals surface area (Å²) in [4.78, 5) is 14.6. The Labute approximate surface area is 146 Å². The number of benzene rings is 1. The molecular formula is C21H31NO2. The Hall–Kier alpha value is -1.35. The summed E-state index contributed by atoms with van der Waals surface area (Å²) in [7, 11) is 3.78. The number of ether oxygens (including phenoxy) is 1. The molecule has 2 aliphatic rings. The lowest BCUT2D eigenvalue weighted by Crippen LogP contribution is -2.48. The van der Waals surface area contributed by atoms with Crippen LogP contribution in [-0.2, 0) is 16.0 Å². The van der Waals surface area contributed by atoms with Crippen molar-refractivity contribution in [3.8, 4) is 0 Å². The van der Waals surface area contributed by atoms with Gasteiger partial charge in [0.05, 0.1) is 13.5 Å². The number of piperidine rings is 1. The van der Waals surface area contributed by atoms with E-state index in [1.54, 1.807) is 0 Å². The number of hydrogen-bond donors (Lipinski definition) is 0. The van der Waals surface area contributed by atoms with Crippen molar-refractivity contribution in [2.24, 2.45) is 17.8 Å². The number of methoxy groups -OCH3 is 1. The molecule has 2 bridgehead atoms. The van der Waals surface area contributed by atoms with Gasteiger partial charge >= 0.3 is 5.97 Å². The molecule has 2 heterocycles. The van der Waals surface area contributed by atoms with Crippen molar-refractivity contribution in [3.63, 3.8) is 0 Å². The summed E-state index contributed by atoms with van der Waals surface area (Å²) >= 11 is 0. The standard InChI is InChI=1S/C21H31NO2/c1-4-8-16-12-20-18(14-21(23)24-3)17(13-19(16)22(20)2)11-15-9-6-5-7-10-15/h5-7,9-10,16-20H,4,8,11-14H2,1-3H3/t16-,17-,18-,19?,20?/m0/s1. The van der Waals surface area contributed by atoms with Crippen LogP contribution in [0, 0.1) is 17.8 Å². The fraction of sp³-hybridized carbons (Fsp3) is 0.667. The average molecular weight is 329 g/mol. The fourth-order valence-electron chi connectivity index (χ4n) is 5.26. The minimum atomic E-state index is -0.0520. The van der Waals surface area contributed by atoms with Crippen molar-refractivity contribution in [2.75, 3.05) is 14.2 Å². The quantitative estimate of drug-likeness (QED) is 0.741. The Morgan fingerprint density at radius 1 is 1.17 bits per heavy atom. The molecule has 2 aliphatic heterocycles. The fourth-order valence-corrected chi connectivity index (χ4v) is 5.26. The second kappa shape index (κ2) is 7.69. The molecule has 3 rings (SSSR count). The summed E-state index contributed by atoms with van der Waals surface area (Å²) in [6.45, 7) is 2.29. The third kappa shape index (κ3) is 3.51. The molecule has 0 N–H and O–H groups in total. The van der Waals surface area contributed by atoms with E-state index in [0.717, 1.165) is 12.3 Å². The van der Waals surface area contributed by atoms with Gasteiger partial charge in [-0.2, -0.15) is 0 Å². The van der Waals surface area contributed by atoms with Crippen molar-refractivity contribution in [1.29, 1.82) is 0 Å². The molecule has 3 nitrogen and oxygen atoms in total. The van der Waals surface area contributed by atoms with Gasteiger partial charge in [0.15, 0.2) is 0 Å². The van der Waals surface area contributed by atoms with Gasteiger partial charge in [-0.05, 0) is 56.0 Å². The van der Waals surface area contributed by atoms with E-state index in [1.165, 1.54) is 38.4 Å². The second-order valence-corrected chi connectivity index (χ2v) is 7.71. The largest absolute Gasteiger partial charge is 0.469 e. The zero-order chi connectivity index (χ0) is 17.1. The van der Waals surface area contributed by atoms with Crippen molar-refractivity contribution in [1.82, 2.24) is 4.90 Å². The molecule has 132 valence electrons. The molecule has 2 unspecified atom stereocenters. The maximum atomic E-state index is 12.0. The minimum Gasteiger partial charge on any atom is -0.469 e. The molecule has 0 saturated carbocycles. The van der Waals surface area contributed by atoms with Gasteiger partial charge < -0.3 is 4.74 Å². The first kappa shape index (κ1) is 17.5. The predicted octanol–water partition coefficient (Wildman–Crippen LogP) is 3.92. The van der Waals surface area contributed by atoms with Crippen LogP contribution in [0.1, 0.15) is 44.6 Å². The third-order valence-electron chi connectivity index (χ3n) is 6.41. The maximum absolute atomic E-state index is 12.0. The number of rotatable bonds is 6. The van der Waals surface area contributed by atoms with Gasteiger partial charge in [-0.1, -0.05) is 43.7 Å². The number of hydrogen-bond acceptors (Lipinski definition) is 3. The lowest BCUT2D eigenvalue weighted by molar-refractivity contribution is -0.143. The van der Waals surface area contributed by atoms with E-state index in [2.05, 4.69) is 49.2 Å². The van der Waals surface area contributed by atoms with Crippen molar-refractivity contribution in [3.05, 3.63) is 35.9 Å². The SMILES string of the molecule is CCC[C@H]1CC2[C@@H](CC(=O)OC)[C@@H](Cc3ccccc3)CC1N2C. The molecule has 1 aromatic carbocycles. The third-order valence-corrected chi connectivity index (χ3v) is 6.41. The highest BCUT2D eigenvalue weighted by Crippen LogP contribution is 2.48. The lowest BCUT2D eigenvalue weighted by Gasteiger charge is -2.43. The average Bonchev–Trinajstić information content (AvgIpc) is 2.80. The Kier molecular flexibility index (Phi) is 5.60. The second-order valence-electron chi connectivity index (χ2n) is 7.71. The van der Waals surface area contributed by atoms with Crippen LogP contribution < -0.4 is 0 Å². The summed E-state index contributed by atoms with van der Waals surface area (Å²) in [5.41, 5.74) is 1.40. The first-order valence-corrected chi connectivity index (χ1v) is 9.46. The molecule has 2 saturated heterocycles. The highest BCUT2D eigenvalue weighted by molar-refractivity contribution is 5.69. The molecule has 0 amide bonds. The predicted molar refractivity (Wildman–Crippen MR) is 96.7 cm³/mol. The van der Waals surface area contributed by atoms with Crippen LogP contribution in [0.5, 0.6) is 0 Å². The highest BCUT2D eigenvalue weighted by Gasteiger charge is 2.50. The Balaban J connectivity index is 1.81. The molecule has 3 heteroatoms. The van der Waals surface area contributed by atoms with Crippen molar-refractivity contribution in [2.45, 2.75) is 57.5 Å². The normalized spacial score (nSPS) is 32.7. The van der Waals surface area contributed by atoms with E-state index in [0.29, 0.717) is 30.3 Å². The van der Waals surface area contributed by atoms with Gasteiger partial charge in [0, 0.05) is 12.1 Å². The topological polar surface area (TPSA) is 29.5 Å². The summed E-state index contributed by atoms with van der Waals surface area (Å²) in [5, 5.41) is 0. The molecule has 0 aliphatic carbocycles. The number of esters is 1. The van der Waals surface area contributed by atoms with Crippen molar-refractivity contribution < 1.29 is 9.53 Å². The van der Waals surface area contributed by atoms with Crippen LogP contribution in [0.15, 0.2) is 30.3 Å². The number of fused-ring (bicyclic) bond motifs is 2. The van der Waals surface area contributed by atoms with Crippen LogP contribution in [0.4, 0.5) is 0 Å². The van der Waals surface area contributed by atoms with Gasteiger partial charge in [-0.25, -0.2) is 0 Å². The van der Waals surface area contributed by atoms with Crippen LogP contribution in [0.3, 0.4) is 0 Å². The molecule has 0 spiro atoms. The Morgan fingerprint density at radius 3 is 2.54 bits per heavy atom. The first-order chi connectivity index (χ1) is 11.6. The molecule has 5 atom stereocenters. The monoisotopic (exact) mass is 329 g/mol. The molecule has 0 radical (unpaired) electrons. The maximum Gasteiger partial charge on any atom is 0.305 e. The van der Waals surface area contributed by atoms with Crippen LogP contribution in [0.2, 0.25) is 0 Å². The summed E-state index contributed by atoms with van der Waals surface area (Å²) in [5.74, 6) is 1.75. The van der Waals surface area contributed by atoms with E-state index in [4.69, 9.17) is 4.74 Å². The first-order valence-electron chi connectivity index (χ1n) is 9.46. The minimum absolute atomic E-state index is 0.0520. The van der Waals surface area contributed by atoms with Gasteiger partial charge in [0.1, 0.15) is 0 Å². The van der Waals surface area contributed by atoms with Gasteiger partial charge in [0.2, 0.25) is 0 Å². The Morgan fingerprint density at radius 2 is 1.88 bits per heavy atom. The van der Waals surface area contributed by atoms with E-state index in [9.17, 15) is 4.79 Å². The number of carbonyl (C=O) groups excluding carboxylic acids is 1. The zero-order valence-corrected chi connectivity index (χ0v) is 15.3.